The van der Waals surface area contributed by atoms with Crippen molar-refractivity contribution in [1.29, 1.82) is 0 Å². The Kier molecular flexibility index (Phi) is 5.40. The van der Waals surface area contributed by atoms with Crippen LogP contribution < -0.4 is 0 Å². The van der Waals surface area contributed by atoms with Crippen LogP contribution >= 0.6 is 11.8 Å². The molecule has 2 heterocycles. The first-order valence-corrected chi connectivity index (χ1v) is 11.0. The van der Waals surface area contributed by atoms with Crippen molar-refractivity contribution < 1.29 is 11.4 Å². The summed E-state index contributed by atoms with van der Waals surface area (Å²) < 4.78 is 8.23. The zero-order valence-electron chi connectivity index (χ0n) is 17.3. The first kappa shape index (κ1) is 18.2. The van der Waals surface area contributed by atoms with Crippen LogP contribution in [0.4, 0.5) is 0 Å². The average Bonchev–Trinajstić information content (AvgIpc) is 2.71. The lowest BCUT2D eigenvalue weighted by molar-refractivity contribution is -0.427. The molecule has 0 aromatic carbocycles. The number of aliphatic imine (C=N–C) groups is 1. The zero-order chi connectivity index (χ0) is 20.5. The fourth-order valence-electron chi connectivity index (χ4n) is 4.46. The Hall–Kier alpha value is -1.80. The molecule has 4 aliphatic rings. The lowest BCUT2D eigenvalue weighted by Crippen LogP contribution is -2.49. The first-order chi connectivity index (χ1) is 13.9. The minimum atomic E-state index is -0.392. The van der Waals surface area contributed by atoms with Crippen LogP contribution in [0.1, 0.15) is 46.8 Å². The Balaban J connectivity index is 1.47. The van der Waals surface area contributed by atoms with Crippen molar-refractivity contribution in [2.75, 3.05) is 32.7 Å². The van der Waals surface area contributed by atoms with E-state index in [1.54, 1.807) is 6.92 Å². The van der Waals surface area contributed by atoms with Crippen molar-refractivity contribution in [2.24, 2.45) is 10.9 Å². The van der Waals surface area contributed by atoms with E-state index in [0.29, 0.717) is 15.6 Å². The Morgan fingerprint density at radius 1 is 1.32 bits per heavy atom. The van der Waals surface area contributed by atoms with Gasteiger partial charge in [0.1, 0.15) is 4.91 Å². The normalized spacial score (nSPS) is 25.7. The van der Waals surface area contributed by atoms with Gasteiger partial charge in [0.25, 0.3) is 5.70 Å². The van der Waals surface area contributed by atoms with E-state index >= 15 is 0 Å². The lowest BCUT2D eigenvalue weighted by Gasteiger charge is -2.39. The van der Waals surface area contributed by atoms with Gasteiger partial charge in [0, 0.05) is 32.7 Å². The molecule has 0 atom stereocenters. The Morgan fingerprint density at radius 3 is 2.71 bits per heavy atom. The van der Waals surface area contributed by atoms with Crippen molar-refractivity contribution >= 4 is 16.9 Å². The van der Waals surface area contributed by atoms with Gasteiger partial charge in [-0.2, -0.15) is 4.99 Å². The van der Waals surface area contributed by atoms with Gasteiger partial charge in [-0.15, -0.1) is 0 Å². The van der Waals surface area contributed by atoms with E-state index in [2.05, 4.69) is 14.8 Å². The predicted octanol–water partition coefficient (Wildman–Crippen LogP) is 3.90. The van der Waals surface area contributed by atoms with Gasteiger partial charge in [0.05, 0.1) is 18.3 Å². The molecule has 1 saturated heterocycles. The largest absolute Gasteiger partial charge is 0.493 e. The Labute approximate surface area is 171 Å². The molecule has 0 unspecified atom stereocenters. The van der Waals surface area contributed by atoms with Crippen molar-refractivity contribution in [3.05, 3.63) is 43.8 Å². The number of rotatable bonds is 3. The molecule has 8 heteroatoms. The zero-order valence-corrected chi connectivity index (χ0v) is 17.1. The number of aliphatic hydroxyl groups excluding tert-OH is 1. The molecule has 2 aliphatic heterocycles. The number of nitro groups is 1. The highest BCUT2D eigenvalue weighted by molar-refractivity contribution is 8.17. The fraction of sp³-hybridized carbons (Fsp3) is 0.650. The maximum absolute atomic E-state index is 11.6. The smallest absolute Gasteiger partial charge is 0.264 e. The molecular formula is C20H28N4O3S. The van der Waals surface area contributed by atoms with Gasteiger partial charge in [0.2, 0.25) is 5.88 Å². The number of nitrogens with zero attached hydrogens (tertiary/aromatic N) is 4. The van der Waals surface area contributed by atoms with Crippen LogP contribution in [0.5, 0.6) is 0 Å². The molecule has 28 heavy (non-hydrogen) atoms. The van der Waals surface area contributed by atoms with Crippen LogP contribution in [-0.2, 0) is 0 Å². The molecule has 0 radical (unpaired) electrons. The molecule has 1 saturated carbocycles. The van der Waals surface area contributed by atoms with Gasteiger partial charge in [-0.3, -0.25) is 15.0 Å². The quantitative estimate of drug-likeness (QED) is 0.566. The summed E-state index contributed by atoms with van der Waals surface area (Å²) in [6.07, 6.45) is 6.89. The third-order valence-electron chi connectivity index (χ3n) is 5.98. The topological polar surface area (TPSA) is 82.2 Å². The van der Waals surface area contributed by atoms with E-state index < -0.39 is 4.92 Å². The summed E-state index contributed by atoms with van der Waals surface area (Å²) in [5.41, 5.74) is 0.830. The third-order valence-corrected chi connectivity index (χ3v) is 7.16. The lowest BCUT2D eigenvalue weighted by atomic mass is 9.89. The number of piperazine rings is 1. The number of hydrogen-bond acceptors (Lipinski definition) is 7. The molecule has 0 aromatic rings. The van der Waals surface area contributed by atoms with Gasteiger partial charge in [-0.1, -0.05) is 24.8 Å². The number of amidine groups is 1. The van der Waals surface area contributed by atoms with E-state index in [-0.39, 0.29) is 29.6 Å². The molecule has 0 amide bonds. The number of hydrogen-bond donors (Lipinski definition) is 1. The van der Waals surface area contributed by atoms with Crippen LogP contribution in [0, 0.1) is 16.0 Å². The maximum atomic E-state index is 11.6. The van der Waals surface area contributed by atoms with E-state index in [4.69, 9.17) is 1.37 Å². The number of fused-ring (bicyclic) bond motifs is 1. The summed E-state index contributed by atoms with van der Waals surface area (Å²) in [5, 5.41) is 22.7. The van der Waals surface area contributed by atoms with E-state index in [0.717, 1.165) is 38.6 Å². The fourth-order valence-corrected chi connectivity index (χ4v) is 5.59. The number of allylic oxidation sites excluding steroid dienone is 3. The monoisotopic (exact) mass is 405 g/mol. The maximum Gasteiger partial charge on any atom is 0.264 e. The molecule has 0 spiro atoms. The minimum Gasteiger partial charge on any atom is -0.493 e. The summed E-state index contributed by atoms with van der Waals surface area (Å²) in [6, 6.07) is 0.149. The summed E-state index contributed by atoms with van der Waals surface area (Å²) in [6.45, 7) is 6.33. The molecule has 152 valence electrons. The van der Waals surface area contributed by atoms with Crippen LogP contribution in [0.15, 0.2) is 38.7 Å². The summed E-state index contributed by atoms with van der Waals surface area (Å²) in [5.74, 6) is 0.536. The van der Waals surface area contributed by atoms with Crippen molar-refractivity contribution in [3.8, 4) is 0 Å². The molecular weight excluding hydrogens is 376 g/mol. The third kappa shape index (κ3) is 4.12. The van der Waals surface area contributed by atoms with Crippen molar-refractivity contribution in [2.45, 2.75) is 45.4 Å². The van der Waals surface area contributed by atoms with E-state index in [1.165, 1.54) is 43.9 Å². The van der Waals surface area contributed by atoms with Crippen molar-refractivity contribution in [1.82, 2.24) is 9.80 Å². The average molecular weight is 406 g/mol. The van der Waals surface area contributed by atoms with E-state index in [9.17, 15) is 15.2 Å². The van der Waals surface area contributed by atoms with Crippen LogP contribution in [0.2, 0.25) is 0 Å². The van der Waals surface area contributed by atoms with Gasteiger partial charge in [-0.25, -0.2) is 0 Å². The number of aliphatic hydroxyl groups is 1. The summed E-state index contributed by atoms with van der Waals surface area (Å²) in [7, 11) is 0. The van der Waals surface area contributed by atoms with Crippen LogP contribution in [0.25, 0.3) is 0 Å². The standard InChI is InChI=1S/C20H28N4O3S/c1-14-11-16-18(17(12-14)24(26)27)28-20(21-19(16)25)23-9-7-22(8-10-23)13-15-5-3-2-4-6-15/h11,15,25H,2-10,12-13H2,1H3/i11D. The van der Waals surface area contributed by atoms with Gasteiger partial charge in [0.15, 0.2) is 5.17 Å². The summed E-state index contributed by atoms with van der Waals surface area (Å²) >= 11 is 1.23. The molecule has 1 N–H and O–H groups in total. The second kappa shape index (κ2) is 8.29. The van der Waals surface area contributed by atoms with Crippen LogP contribution in [0.3, 0.4) is 0 Å². The SMILES string of the molecule is [2H]C1=C(C)CC([N+](=O)[O-])=C2SC(N3CCN(CC4CCCCC4)CC3)=NC(O)=C12. The Morgan fingerprint density at radius 2 is 2.04 bits per heavy atom. The molecule has 2 aliphatic carbocycles. The number of thioether (sulfide) groups is 1. The predicted molar refractivity (Wildman–Crippen MR) is 112 cm³/mol. The van der Waals surface area contributed by atoms with Gasteiger partial charge < -0.3 is 10.0 Å². The van der Waals surface area contributed by atoms with Crippen molar-refractivity contribution in [3.63, 3.8) is 0 Å². The molecule has 0 aromatic heterocycles. The van der Waals surface area contributed by atoms with Gasteiger partial charge >= 0.3 is 0 Å². The molecule has 7 nitrogen and oxygen atoms in total. The molecule has 4 rings (SSSR count). The molecule has 0 bridgehead atoms. The highest BCUT2D eigenvalue weighted by atomic mass is 32.2. The minimum absolute atomic E-state index is 0.0494. The van der Waals surface area contributed by atoms with Gasteiger partial charge in [-0.05, 0) is 43.5 Å². The Bertz CT molecular complexity index is 822. The first-order valence-electron chi connectivity index (χ1n) is 10.7. The second-order valence-corrected chi connectivity index (χ2v) is 9.08. The van der Waals surface area contributed by atoms with Crippen LogP contribution in [-0.4, -0.2) is 57.7 Å². The van der Waals surface area contributed by atoms with E-state index in [1.807, 2.05) is 0 Å². The highest BCUT2D eigenvalue weighted by Crippen LogP contribution is 2.42. The second-order valence-electron chi connectivity index (χ2n) is 8.10. The highest BCUT2D eigenvalue weighted by Gasteiger charge is 2.34. The molecule has 2 fully saturated rings. The summed E-state index contributed by atoms with van der Waals surface area (Å²) in [4.78, 5) is 20.5.